The topological polar surface area (TPSA) is 39.3 Å². The van der Waals surface area contributed by atoms with Crippen LogP contribution in [0.2, 0.25) is 5.02 Å². The van der Waals surface area contributed by atoms with E-state index in [0.717, 1.165) is 49.4 Å². The molecule has 1 fully saturated rings. The van der Waals surface area contributed by atoms with Crippen molar-refractivity contribution in [1.82, 2.24) is 9.88 Å². The monoisotopic (exact) mass is 442 g/mol. The normalized spacial score (nSPS) is 23.1. The Balaban J connectivity index is 1.41. The summed E-state index contributed by atoms with van der Waals surface area (Å²) in [4.78, 5) is 6.30. The first-order valence-corrected chi connectivity index (χ1v) is 11.8. The summed E-state index contributed by atoms with van der Waals surface area (Å²) < 4.78 is 0. The molecule has 1 aromatic heterocycles. The minimum absolute atomic E-state index is 0.0313. The maximum absolute atomic E-state index is 10.3. The fourth-order valence-electron chi connectivity index (χ4n) is 6.14. The lowest BCUT2D eigenvalue weighted by Crippen LogP contribution is -2.53. The quantitative estimate of drug-likeness (QED) is 0.403. The van der Waals surface area contributed by atoms with E-state index in [0.29, 0.717) is 11.7 Å². The Kier molecular flexibility index (Phi) is 4.78. The van der Waals surface area contributed by atoms with Gasteiger partial charge in [0, 0.05) is 40.1 Å². The van der Waals surface area contributed by atoms with Gasteiger partial charge in [-0.05, 0) is 72.7 Å². The Morgan fingerprint density at radius 1 is 1.03 bits per heavy atom. The molecule has 3 nitrogen and oxygen atoms in total. The highest BCUT2D eigenvalue weighted by Crippen LogP contribution is 2.49. The van der Waals surface area contributed by atoms with Crippen LogP contribution in [0.15, 0.2) is 72.8 Å². The molecule has 0 saturated carbocycles. The average molecular weight is 443 g/mol. The van der Waals surface area contributed by atoms with Gasteiger partial charge in [0.2, 0.25) is 0 Å². The van der Waals surface area contributed by atoms with Crippen LogP contribution in [0.3, 0.4) is 0 Å². The Hall–Kier alpha value is -2.75. The number of benzene rings is 3. The molecule has 2 heterocycles. The first-order chi connectivity index (χ1) is 15.6. The van der Waals surface area contributed by atoms with E-state index in [1.165, 1.54) is 27.8 Å². The second-order valence-electron chi connectivity index (χ2n) is 9.53. The van der Waals surface area contributed by atoms with Crippen molar-refractivity contribution >= 4 is 22.5 Å². The molecule has 1 saturated heterocycles. The lowest BCUT2D eigenvalue weighted by molar-refractivity contribution is 0.0765. The number of aromatic amines is 1. The number of hydrogen-bond acceptors (Lipinski definition) is 2. The molecule has 162 valence electrons. The molecule has 2 N–H and O–H groups in total. The largest absolute Gasteiger partial charge is 0.508 e. The number of phenols is 1. The molecule has 32 heavy (non-hydrogen) atoms. The summed E-state index contributed by atoms with van der Waals surface area (Å²) >= 11 is 6.29. The fourth-order valence-corrected chi connectivity index (χ4v) is 6.32. The molecule has 0 radical (unpaired) electrons. The van der Waals surface area contributed by atoms with Crippen molar-refractivity contribution in [3.63, 3.8) is 0 Å². The number of phenolic OH excluding ortho intramolecular Hbond substituents is 1. The number of hydrogen-bond donors (Lipinski definition) is 2. The van der Waals surface area contributed by atoms with E-state index < -0.39 is 0 Å². The van der Waals surface area contributed by atoms with Crippen molar-refractivity contribution in [2.24, 2.45) is 5.92 Å². The molecule has 3 aromatic carbocycles. The van der Waals surface area contributed by atoms with E-state index in [1.807, 2.05) is 24.3 Å². The number of halogens is 1. The zero-order valence-corrected chi connectivity index (χ0v) is 18.8. The Labute approximate surface area is 193 Å². The van der Waals surface area contributed by atoms with Gasteiger partial charge in [-0.2, -0.15) is 0 Å². The maximum Gasteiger partial charge on any atom is 0.115 e. The number of rotatable bonds is 3. The molecule has 1 aliphatic heterocycles. The smallest absolute Gasteiger partial charge is 0.115 e. The molecule has 0 bridgehead atoms. The third-order valence-electron chi connectivity index (χ3n) is 7.70. The second kappa shape index (κ2) is 7.68. The van der Waals surface area contributed by atoms with Crippen LogP contribution >= 0.6 is 11.6 Å². The average Bonchev–Trinajstić information content (AvgIpc) is 3.14. The number of likely N-dealkylation sites (tertiary alicyclic amines) is 1. The van der Waals surface area contributed by atoms with Gasteiger partial charge in [0.25, 0.3) is 0 Å². The highest BCUT2D eigenvalue weighted by molar-refractivity contribution is 6.31. The van der Waals surface area contributed by atoms with Crippen LogP contribution in [0.1, 0.15) is 28.8 Å². The molecular weight excluding hydrogens is 416 g/mol. The van der Waals surface area contributed by atoms with E-state index in [9.17, 15) is 5.11 Å². The van der Waals surface area contributed by atoms with Gasteiger partial charge in [-0.25, -0.2) is 0 Å². The molecule has 2 aliphatic rings. The van der Waals surface area contributed by atoms with Crippen molar-refractivity contribution < 1.29 is 5.11 Å². The molecular formula is C28H27ClN2O. The van der Waals surface area contributed by atoms with E-state index in [2.05, 4.69) is 52.3 Å². The molecule has 1 unspecified atom stereocenters. The summed E-state index contributed by atoms with van der Waals surface area (Å²) in [6, 6.07) is 25.0. The first-order valence-electron chi connectivity index (χ1n) is 11.5. The van der Waals surface area contributed by atoms with Crippen LogP contribution in [0, 0.1) is 5.92 Å². The third-order valence-corrected chi connectivity index (χ3v) is 7.94. The molecule has 6 rings (SSSR count). The second-order valence-corrected chi connectivity index (χ2v) is 9.96. The van der Waals surface area contributed by atoms with Gasteiger partial charge in [0.1, 0.15) is 5.75 Å². The van der Waals surface area contributed by atoms with Crippen LogP contribution in [0.4, 0.5) is 0 Å². The molecule has 1 aliphatic carbocycles. The number of fused-ring (bicyclic) bond motifs is 4. The summed E-state index contributed by atoms with van der Waals surface area (Å²) in [6.45, 7) is 3.11. The van der Waals surface area contributed by atoms with Gasteiger partial charge >= 0.3 is 0 Å². The van der Waals surface area contributed by atoms with Gasteiger partial charge in [-0.3, -0.25) is 4.90 Å². The van der Waals surface area contributed by atoms with Gasteiger partial charge in [-0.15, -0.1) is 0 Å². The standard InChI is InChI=1S/C28H27ClN2O/c29-22-9-10-24-25-14-21-18-31(17-19-5-2-1-3-6-19)12-11-28(21,16-27(25)30-26(24)15-22)20-7-4-8-23(32)13-20/h1-10,13,15,21,30,32H,11-12,14,16-18H2/t21?,28-/m0/s1. The Morgan fingerprint density at radius 2 is 1.91 bits per heavy atom. The predicted molar refractivity (Wildman–Crippen MR) is 130 cm³/mol. The van der Waals surface area contributed by atoms with Crippen LogP contribution in [-0.2, 0) is 24.8 Å². The van der Waals surface area contributed by atoms with Crippen LogP contribution in [-0.4, -0.2) is 28.1 Å². The van der Waals surface area contributed by atoms with Crippen molar-refractivity contribution in [1.29, 1.82) is 0 Å². The zero-order valence-electron chi connectivity index (χ0n) is 18.0. The number of H-pyrrole nitrogens is 1. The summed E-state index contributed by atoms with van der Waals surface area (Å²) in [5.41, 5.74) is 6.58. The molecule has 4 aromatic rings. The van der Waals surface area contributed by atoms with E-state index in [1.54, 1.807) is 6.07 Å². The van der Waals surface area contributed by atoms with Crippen LogP contribution in [0.25, 0.3) is 10.9 Å². The molecule has 2 atom stereocenters. The number of nitrogens with zero attached hydrogens (tertiary/aromatic N) is 1. The predicted octanol–water partition coefficient (Wildman–Crippen LogP) is 6.09. The number of piperidine rings is 1. The molecule has 0 spiro atoms. The first kappa shape index (κ1) is 19.9. The fraction of sp³-hybridized carbons (Fsp3) is 0.286. The molecule has 4 heteroatoms. The number of aromatic nitrogens is 1. The van der Waals surface area contributed by atoms with Gasteiger partial charge in [-0.1, -0.05) is 60.1 Å². The number of nitrogens with one attached hydrogen (secondary N) is 1. The number of aromatic hydroxyl groups is 1. The summed E-state index contributed by atoms with van der Waals surface area (Å²) in [6.07, 6.45) is 3.10. The maximum atomic E-state index is 10.3. The summed E-state index contributed by atoms with van der Waals surface area (Å²) in [7, 11) is 0. The van der Waals surface area contributed by atoms with Crippen molar-refractivity contribution in [2.75, 3.05) is 13.1 Å². The minimum Gasteiger partial charge on any atom is -0.508 e. The SMILES string of the molecule is Oc1cccc([C@@]23CCN(Cc4ccccc4)CC2Cc2c([nH]c4cc(Cl)ccc24)C3)c1. The van der Waals surface area contributed by atoms with Gasteiger partial charge in [0.15, 0.2) is 0 Å². The van der Waals surface area contributed by atoms with Crippen molar-refractivity contribution in [3.8, 4) is 5.75 Å². The van der Waals surface area contributed by atoms with E-state index in [4.69, 9.17) is 11.6 Å². The summed E-state index contributed by atoms with van der Waals surface area (Å²) in [5.74, 6) is 0.848. The van der Waals surface area contributed by atoms with E-state index >= 15 is 0 Å². The van der Waals surface area contributed by atoms with Crippen LogP contribution in [0.5, 0.6) is 5.75 Å². The van der Waals surface area contributed by atoms with E-state index in [-0.39, 0.29) is 5.41 Å². The Morgan fingerprint density at radius 3 is 2.75 bits per heavy atom. The lowest BCUT2D eigenvalue weighted by atomic mass is 9.58. The highest BCUT2D eigenvalue weighted by atomic mass is 35.5. The third kappa shape index (κ3) is 3.32. The Bertz CT molecular complexity index is 1280. The lowest BCUT2D eigenvalue weighted by Gasteiger charge is -2.51. The van der Waals surface area contributed by atoms with Crippen molar-refractivity contribution in [3.05, 3.63) is 100 Å². The van der Waals surface area contributed by atoms with Gasteiger partial charge < -0.3 is 10.1 Å². The minimum atomic E-state index is 0.0313. The van der Waals surface area contributed by atoms with Gasteiger partial charge in [0.05, 0.1) is 0 Å². The highest BCUT2D eigenvalue weighted by Gasteiger charge is 2.48. The summed E-state index contributed by atoms with van der Waals surface area (Å²) in [5, 5.41) is 12.4. The molecule has 0 amide bonds. The van der Waals surface area contributed by atoms with Crippen LogP contribution < -0.4 is 0 Å². The van der Waals surface area contributed by atoms with Crippen molar-refractivity contribution in [2.45, 2.75) is 31.2 Å². The zero-order chi connectivity index (χ0) is 21.7.